The lowest BCUT2D eigenvalue weighted by Gasteiger charge is -2.26. The summed E-state index contributed by atoms with van der Waals surface area (Å²) < 4.78 is 0. The summed E-state index contributed by atoms with van der Waals surface area (Å²) >= 11 is 0. The molecule has 0 fully saturated rings. The molecule has 0 aromatic carbocycles. The van der Waals surface area contributed by atoms with Crippen molar-refractivity contribution in [1.29, 1.82) is 0 Å². The molecule has 1 heterocycles. The molecule has 0 aliphatic rings. The molecule has 0 bridgehead atoms. The van der Waals surface area contributed by atoms with E-state index < -0.39 is 0 Å². The fourth-order valence-electron chi connectivity index (χ4n) is 1.98. The lowest BCUT2D eigenvalue weighted by atomic mass is 10.1. The largest absolute Gasteiger partial charge is 0.387 e. The minimum atomic E-state index is 0.0242. The zero-order valence-corrected chi connectivity index (χ0v) is 11.0. The second kappa shape index (κ2) is 6.23. The summed E-state index contributed by atoms with van der Waals surface area (Å²) in [6.45, 7) is 4.19. The number of pyridine rings is 1. The van der Waals surface area contributed by atoms with Gasteiger partial charge in [0.25, 0.3) is 5.91 Å². The lowest BCUT2D eigenvalue weighted by molar-refractivity contribution is 0.0724. The van der Waals surface area contributed by atoms with Crippen LogP contribution in [0, 0.1) is 0 Å². The van der Waals surface area contributed by atoms with Crippen molar-refractivity contribution in [2.75, 3.05) is 19.4 Å². The Bertz CT molecular complexity index is 375. The molecule has 4 nitrogen and oxygen atoms in total. The zero-order chi connectivity index (χ0) is 12.8. The van der Waals surface area contributed by atoms with Gasteiger partial charge in [-0.15, -0.1) is 0 Å². The number of anilines is 1. The number of nitrogens with zero attached hydrogens (tertiary/aromatic N) is 2. The van der Waals surface area contributed by atoms with Crippen molar-refractivity contribution >= 4 is 11.6 Å². The summed E-state index contributed by atoms with van der Waals surface area (Å²) in [6.07, 6.45) is 5.23. The molecule has 1 amide bonds. The number of carbonyl (C=O) groups is 1. The van der Waals surface area contributed by atoms with E-state index in [1.807, 2.05) is 20.2 Å². The van der Waals surface area contributed by atoms with E-state index in [4.69, 9.17) is 0 Å². The van der Waals surface area contributed by atoms with Gasteiger partial charge in [-0.05, 0) is 18.9 Å². The smallest absolute Gasteiger partial charge is 0.257 e. The molecule has 0 saturated heterocycles. The first kappa shape index (κ1) is 13.5. The van der Waals surface area contributed by atoms with Gasteiger partial charge in [-0.2, -0.15) is 0 Å². The maximum Gasteiger partial charge on any atom is 0.257 e. The van der Waals surface area contributed by atoms with E-state index in [0.717, 1.165) is 18.5 Å². The minimum absolute atomic E-state index is 0.0242. The predicted octanol–water partition coefficient (Wildman–Crippen LogP) is 2.38. The Hall–Kier alpha value is -1.58. The van der Waals surface area contributed by atoms with Gasteiger partial charge in [-0.25, -0.2) is 0 Å². The third-order valence-electron chi connectivity index (χ3n) is 3.13. The molecule has 0 aliphatic heterocycles. The van der Waals surface area contributed by atoms with Crippen LogP contribution in [-0.4, -0.2) is 35.9 Å². The normalized spacial score (nSPS) is 10.4. The predicted molar refractivity (Wildman–Crippen MR) is 70.2 cm³/mol. The Morgan fingerprint density at radius 3 is 2.65 bits per heavy atom. The van der Waals surface area contributed by atoms with Crippen LogP contribution in [0.15, 0.2) is 18.5 Å². The minimum Gasteiger partial charge on any atom is -0.387 e. The summed E-state index contributed by atoms with van der Waals surface area (Å²) in [4.78, 5) is 18.2. The van der Waals surface area contributed by atoms with Gasteiger partial charge < -0.3 is 10.2 Å². The van der Waals surface area contributed by atoms with Gasteiger partial charge in [-0.3, -0.25) is 9.78 Å². The third kappa shape index (κ3) is 2.96. The van der Waals surface area contributed by atoms with Crippen LogP contribution < -0.4 is 5.32 Å². The first-order valence-corrected chi connectivity index (χ1v) is 6.04. The van der Waals surface area contributed by atoms with Crippen LogP contribution in [0.25, 0.3) is 0 Å². The van der Waals surface area contributed by atoms with E-state index in [1.54, 1.807) is 17.3 Å². The number of rotatable bonds is 5. The molecule has 0 aliphatic carbocycles. The SMILES string of the molecule is CCC(CC)N(C)C(=O)c1cnccc1NC. The highest BCUT2D eigenvalue weighted by Gasteiger charge is 2.20. The summed E-state index contributed by atoms with van der Waals surface area (Å²) in [5.74, 6) is 0.0242. The number of hydrogen-bond donors (Lipinski definition) is 1. The number of nitrogens with one attached hydrogen (secondary N) is 1. The molecule has 0 saturated carbocycles. The summed E-state index contributed by atoms with van der Waals surface area (Å²) in [5.41, 5.74) is 1.45. The van der Waals surface area contributed by atoms with Crippen molar-refractivity contribution in [2.45, 2.75) is 32.7 Å². The maximum absolute atomic E-state index is 12.3. The lowest BCUT2D eigenvalue weighted by Crippen LogP contribution is -2.36. The summed E-state index contributed by atoms with van der Waals surface area (Å²) in [7, 11) is 3.66. The summed E-state index contributed by atoms with van der Waals surface area (Å²) in [6, 6.07) is 2.10. The van der Waals surface area contributed by atoms with Crippen LogP contribution in [0.4, 0.5) is 5.69 Å². The Labute approximate surface area is 103 Å². The van der Waals surface area contributed by atoms with Gasteiger partial charge in [0.05, 0.1) is 5.56 Å². The first-order valence-electron chi connectivity index (χ1n) is 6.04. The Kier molecular flexibility index (Phi) is 4.94. The molecule has 4 heteroatoms. The van der Waals surface area contributed by atoms with Gasteiger partial charge in [0.15, 0.2) is 0 Å². The van der Waals surface area contributed by atoms with Crippen LogP contribution >= 0.6 is 0 Å². The fraction of sp³-hybridized carbons (Fsp3) is 0.538. The monoisotopic (exact) mass is 235 g/mol. The quantitative estimate of drug-likeness (QED) is 0.852. The second-order valence-electron chi connectivity index (χ2n) is 4.06. The average molecular weight is 235 g/mol. The van der Waals surface area contributed by atoms with Crippen LogP contribution in [0.1, 0.15) is 37.0 Å². The molecule has 0 unspecified atom stereocenters. The number of amides is 1. The van der Waals surface area contributed by atoms with Crippen LogP contribution in [-0.2, 0) is 0 Å². The van der Waals surface area contributed by atoms with Crippen molar-refractivity contribution < 1.29 is 4.79 Å². The topological polar surface area (TPSA) is 45.2 Å². The van der Waals surface area contributed by atoms with E-state index in [-0.39, 0.29) is 11.9 Å². The van der Waals surface area contributed by atoms with Crippen molar-refractivity contribution in [3.05, 3.63) is 24.0 Å². The zero-order valence-electron chi connectivity index (χ0n) is 11.0. The van der Waals surface area contributed by atoms with Crippen molar-refractivity contribution in [3.63, 3.8) is 0 Å². The molecular formula is C13H21N3O. The number of carbonyl (C=O) groups excluding carboxylic acids is 1. The maximum atomic E-state index is 12.3. The summed E-state index contributed by atoms with van der Waals surface area (Å²) in [5, 5.41) is 3.02. The molecule has 0 radical (unpaired) electrons. The highest BCUT2D eigenvalue weighted by Crippen LogP contribution is 2.17. The van der Waals surface area contributed by atoms with Gasteiger partial charge >= 0.3 is 0 Å². The van der Waals surface area contributed by atoms with Gasteiger partial charge in [-0.1, -0.05) is 13.8 Å². The Morgan fingerprint density at radius 1 is 1.47 bits per heavy atom. The highest BCUT2D eigenvalue weighted by atomic mass is 16.2. The van der Waals surface area contributed by atoms with Crippen molar-refractivity contribution in [2.24, 2.45) is 0 Å². The molecular weight excluding hydrogens is 214 g/mol. The average Bonchev–Trinajstić information content (AvgIpc) is 2.39. The second-order valence-corrected chi connectivity index (χ2v) is 4.06. The van der Waals surface area contributed by atoms with E-state index in [0.29, 0.717) is 5.56 Å². The van der Waals surface area contributed by atoms with Crippen LogP contribution in [0.2, 0.25) is 0 Å². The van der Waals surface area contributed by atoms with Crippen LogP contribution in [0.5, 0.6) is 0 Å². The van der Waals surface area contributed by atoms with E-state index in [2.05, 4.69) is 24.1 Å². The van der Waals surface area contributed by atoms with E-state index in [1.165, 1.54) is 0 Å². The van der Waals surface area contributed by atoms with Gasteiger partial charge in [0, 0.05) is 38.2 Å². The van der Waals surface area contributed by atoms with Crippen LogP contribution in [0.3, 0.4) is 0 Å². The molecule has 1 N–H and O–H groups in total. The number of hydrogen-bond acceptors (Lipinski definition) is 3. The highest BCUT2D eigenvalue weighted by molar-refractivity contribution is 5.99. The number of aromatic nitrogens is 1. The third-order valence-corrected chi connectivity index (χ3v) is 3.13. The Morgan fingerprint density at radius 2 is 2.12 bits per heavy atom. The fourth-order valence-corrected chi connectivity index (χ4v) is 1.98. The van der Waals surface area contributed by atoms with E-state index >= 15 is 0 Å². The molecule has 17 heavy (non-hydrogen) atoms. The van der Waals surface area contributed by atoms with Crippen molar-refractivity contribution in [1.82, 2.24) is 9.88 Å². The van der Waals surface area contributed by atoms with Crippen molar-refractivity contribution in [3.8, 4) is 0 Å². The first-order chi connectivity index (χ1) is 8.15. The molecule has 0 atom stereocenters. The molecule has 1 rings (SSSR count). The molecule has 1 aromatic heterocycles. The van der Waals surface area contributed by atoms with Gasteiger partial charge in [0.2, 0.25) is 0 Å². The Balaban J connectivity index is 2.95. The van der Waals surface area contributed by atoms with Gasteiger partial charge in [0.1, 0.15) is 0 Å². The standard InChI is InChI=1S/C13H21N3O/c1-5-10(6-2)16(4)13(17)11-9-15-8-7-12(11)14-3/h7-10H,5-6H2,1-4H3,(H,14,15). The molecule has 94 valence electrons. The molecule has 0 spiro atoms. The van der Waals surface area contributed by atoms with E-state index in [9.17, 15) is 4.79 Å². The molecule has 1 aromatic rings.